The number of hydrogen-bond donors (Lipinski definition) is 1. The summed E-state index contributed by atoms with van der Waals surface area (Å²) in [6.07, 6.45) is 2.38. The zero-order valence-corrected chi connectivity index (χ0v) is 21.8. The molecule has 0 spiro atoms. The third-order valence-corrected chi connectivity index (χ3v) is 8.04. The number of aryl methyl sites for hydroxylation is 1. The van der Waals surface area contributed by atoms with Crippen LogP contribution < -0.4 is 5.32 Å². The first-order valence-electron chi connectivity index (χ1n) is 10.2. The van der Waals surface area contributed by atoms with Crippen LogP contribution in [0.2, 0.25) is 20.1 Å². The van der Waals surface area contributed by atoms with Crippen LogP contribution in [0.5, 0.6) is 0 Å². The molecule has 34 heavy (non-hydrogen) atoms. The molecule has 1 aliphatic rings. The van der Waals surface area contributed by atoms with Gasteiger partial charge < -0.3 is 5.32 Å². The van der Waals surface area contributed by atoms with Gasteiger partial charge in [0, 0.05) is 35.5 Å². The summed E-state index contributed by atoms with van der Waals surface area (Å²) in [6.45, 7) is 0. The predicted molar refractivity (Wildman–Crippen MR) is 139 cm³/mol. The maximum absolute atomic E-state index is 13.0. The van der Waals surface area contributed by atoms with E-state index < -0.39 is 22.1 Å². The minimum absolute atomic E-state index is 0.162. The Balaban J connectivity index is 1.47. The van der Waals surface area contributed by atoms with Gasteiger partial charge in [-0.3, -0.25) is 14.6 Å². The van der Waals surface area contributed by atoms with Crippen molar-refractivity contribution in [1.82, 2.24) is 4.98 Å². The maximum Gasteiger partial charge on any atom is 0.231 e. The van der Waals surface area contributed by atoms with Crippen LogP contribution in [-0.4, -0.2) is 21.0 Å². The molecule has 176 valence electrons. The number of rotatable bonds is 7. The number of amides is 1. The van der Waals surface area contributed by atoms with Crippen molar-refractivity contribution in [2.24, 2.45) is 5.92 Å². The molecular weight excluding hydrogens is 561 g/mol. The Kier molecular flexibility index (Phi) is 7.68. The molecule has 1 aromatic heterocycles. The van der Waals surface area contributed by atoms with Gasteiger partial charge in [-0.2, -0.15) is 0 Å². The lowest BCUT2D eigenvalue weighted by atomic mass is 10.0. The van der Waals surface area contributed by atoms with E-state index in [4.69, 9.17) is 69.6 Å². The Hall–Kier alpha value is -1.53. The maximum atomic E-state index is 13.0. The van der Waals surface area contributed by atoms with E-state index in [1.165, 1.54) is 0 Å². The fourth-order valence-corrected chi connectivity index (χ4v) is 5.45. The fourth-order valence-electron chi connectivity index (χ4n) is 3.78. The molecule has 1 saturated carbocycles. The van der Waals surface area contributed by atoms with Crippen LogP contribution in [0, 0.1) is 5.92 Å². The summed E-state index contributed by atoms with van der Waals surface area (Å²) < 4.78 is -1.35. The average Bonchev–Trinajstić information content (AvgIpc) is 3.39. The average molecular weight is 577 g/mol. The number of pyridine rings is 1. The minimum atomic E-state index is -1.35. The molecule has 2 atom stereocenters. The van der Waals surface area contributed by atoms with Crippen molar-refractivity contribution < 1.29 is 9.59 Å². The third-order valence-electron chi connectivity index (χ3n) is 5.57. The number of benzene rings is 2. The first-order chi connectivity index (χ1) is 16.1. The van der Waals surface area contributed by atoms with Crippen molar-refractivity contribution in [3.05, 3.63) is 91.6 Å². The summed E-state index contributed by atoms with van der Waals surface area (Å²) in [7, 11) is 0. The number of ketones is 1. The van der Waals surface area contributed by atoms with E-state index in [1.807, 2.05) is 18.2 Å². The highest BCUT2D eigenvalue weighted by Crippen LogP contribution is 2.65. The summed E-state index contributed by atoms with van der Waals surface area (Å²) in [5.74, 6) is -1.87. The number of carbonyl (C=O) groups excluding carboxylic acids is 2. The normalized spacial score (nSPS) is 18.4. The number of hydrogen-bond acceptors (Lipinski definition) is 3. The van der Waals surface area contributed by atoms with Crippen molar-refractivity contribution in [1.29, 1.82) is 0 Å². The van der Waals surface area contributed by atoms with Crippen molar-refractivity contribution >= 4 is 87.0 Å². The number of anilines is 1. The summed E-state index contributed by atoms with van der Waals surface area (Å²) in [5, 5.41) is 3.76. The molecule has 2 aromatic carbocycles. The van der Waals surface area contributed by atoms with Gasteiger partial charge in [-0.1, -0.05) is 52.5 Å². The number of Topliss-reactive ketones (excluding diaryl/α,β-unsaturated/α-hetero) is 1. The third kappa shape index (κ3) is 5.33. The van der Waals surface area contributed by atoms with Gasteiger partial charge in [-0.05, 0) is 54.4 Å². The Morgan fingerprint density at radius 3 is 2.29 bits per heavy atom. The van der Waals surface area contributed by atoms with Gasteiger partial charge in [0.15, 0.2) is 5.78 Å². The molecule has 1 heterocycles. The smallest absolute Gasteiger partial charge is 0.231 e. The van der Waals surface area contributed by atoms with E-state index in [-0.39, 0.29) is 27.3 Å². The molecule has 0 bridgehead atoms. The largest absolute Gasteiger partial charge is 0.326 e. The Labute approximate surface area is 226 Å². The lowest BCUT2D eigenvalue weighted by Gasteiger charge is -2.09. The zero-order valence-electron chi connectivity index (χ0n) is 17.3. The zero-order chi connectivity index (χ0) is 24.6. The van der Waals surface area contributed by atoms with Gasteiger partial charge in [0.2, 0.25) is 5.91 Å². The van der Waals surface area contributed by atoms with Gasteiger partial charge in [0.05, 0.1) is 26.0 Å². The number of halogens is 6. The quantitative estimate of drug-likeness (QED) is 0.176. The topological polar surface area (TPSA) is 59.1 Å². The van der Waals surface area contributed by atoms with Gasteiger partial charge in [-0.25, -0.2) is 0 Å². The number of carbonyl (C=O) groups is 2. The van der Waals surface area contributed by atoms with Crippen molar-refractivity contribution in [3.63, 3.8) is 0 Å². The minimum Gasteiger partial charge on any atom is -0.326 e. The standard InChI is InChI=1S/C24H16Cl6N2O2/c25-16-6-4-14(11-15(16)19(33)7-5-13-3-1-2-8-31-13)32-23(34)21-20(24(21,29)30)12-9-17(26)22(28)18(27)10-12/h1-4,6,8-11,20-21H,5,7H2,(H,32,34). The summed E-state index contributed by atoms with van der Waals surface area (Å²) in [6, 6.07) is 13.4. The van der Waals surface area contributed by atoms with Crippen LogP contribution in [0.25, 0.3) is 0 Å². The number of nitrogens with zero attached hydrogens (tertiary/aromatic N) is 1. The lowest BCUT2D eigenvalue weighted by molar-refractivity contribution is -0.117. The van der Waals surface area contributed by atoms with Gasteiger partial charge in [0.25, 0.3) is 0 Å². The molecule has 4 rings (SSSR count). The Morgan fingerprint density at radius 1 is 0.941 bits per heavy atom. The second-order valence-corrected chi connectivity index (χ2v) is 10.9. The highest BCUT2D eigenvalue weighted by atomic mass is 35.5. The molecule has 1 amide bonds. The van der Waals surface area contributed by atoms with E-state index in [0.717, 1.165) is 5.69 Å². The summed E-state index contributed by atoms with van der Waals surface area (Å²) in [5.41, 5.74) is 2.12. The molecule has 3 aromatic rings. The van der Waals surface area contributed by atoms with Crippen LogP contribution in [0.15, 0.2) is 54.7 Å². The molecular formula is C24H16Cl6N2O2. The van der Waals surface area contributed by atoms with Crippen LogP contribution in [0.4, 0.5) is 5.69 Å². The van der Waals surface area contributed by atoms with Crippen molar-refractivity contribution in [2.45, 2.75) is 23.1 Å². The van der Waals surface area contributed by atoms with E-state index in [1.54, 1.807) is 36.5 Å². The second-order valence-electron chi connectivity index (χ2n) is 7.86. The molecule has 1 aliphatic carbocycles. The van der Waals surface area contributed by atoms with Crippen LogP contribution in [0.1, 0.15) is 34.0 Å². The van der Waals surface area contributed by atoms with Crippen molar-refractivity contribution in [2.75, 3.05) is 5.32 Å². The molecule has 1 N–H and O–H groups in total. The number of alkyl halides is 2. The van der Waals surface area contributed by atoms with Gasteiger partial charge in [0.1, 0.15) is 4.33 Å². The molecule has 0 saturated heterocycles. The number of aromatic nitrogens is 1. The summed E-state index contributed by atoms with van der Waals surface area (Å²) in [4.78, 5) is 30.0. The van der Waals surface area contributed by atoms with E-state index in [9.17, 15) is 9.59 Å². The second kappa shape index (κ2) is 10.2. The number of nitrogens with one attached hydrogen (secondary N) is 1. The van der Waals surface area contributed by atoms with E-state index in [2.05, 4.69) is 10.3 Å². The predicted octanol–water partition coefficient (Wildman–Crippen LogP) is 8.04. The lowest BCUT2D eigenvalue weighted by Crippen LogP contribution is -2.17. The molecule has 2 unspecified atom stereocenters. The first-order valence-corrected chi connectivity index (χ1v) is 12.4. The molecule has 0 aliphatic heterocycles. The van der Waals surface area contributed by atoms with E-state index in [0.29, 0.717) is 28.3 Å². The Morgan fingerprint density at radius 2 is 1.65 bits per heavy atom. The molecule has 1 fully saturated rings. The molecule has 4 nitrogen and oxygen atoms in total. The molecule has 10 heteroatoms. The Bertz CT molecular complexity index is 1240. The van der Waals surface area contributed by atoms with Crippen LogP contribution in [-0.2, 0) is 11.2 Å². The highest BCUT2D eigenvalue weighted by Gasteiger charge is 2.67. The first kappa shape index (κ1) is 25.6. The monoisotopic (exact) mass is 574 g/mol. The van der Waals surface area contributed by atoms with E-state index >= 15 is 0 Å². The summed E-state index contributed by atoms with van der Waals surface area (Å²) >= 11 is 37.3. The van der Waals surface area contributed by atoms with Crippen LogP contribution in [0.3, 0.4) is 0 Å². The highest BCUT2D eigenvalue weighted by molar-refractivity contribution is 6.54. The fraction of sp³-hybridized carbons (Fsp3) is 0.208. The van der Waals surface area contributed by atoms with Crippen molar-refractivity contribution in [3.8, 4) is 0 Å². The molecule has 0 radical (unpaired) electrons. The SMILES string of the molecule is O=C(CCc1ccccn1)c1cc(NC(=O)C2C(c3cc(Cl)c(Cl)c(Cl)c3)C2(Cl)Cl)ccc1Cl. The van der Waals surface area contributed by atoms with Crippen LogP contribution >= 0.6 is 69.6 Å². The van der Waals surface area contributed by atoms with Gasteiger partial charge in [-0.15, -0.1) is 23.2 Å². The van der Waals surface area contributed by atoms with Gasteiger partial charge >= 0.3 is 0 Å².